The molecule has 1 saturated heterocycles. The van der Waals surface area contributed by atoms with Gasteiger partial charge in [0.2, 0.25) is 5.91 Å². The minimum absolute atomic E-state index is 0.00861. The van der Waals surface area contributed by atoms with Gasteiger partial charge in [-0.25, -0.2) is 0 Å². The van der Waals surface area contributed by atoms with Gasteiger partial charge in [-0.2, -0.15) is 0 Å². The van der Waals surface area contributed by atoms with Crippen molar-refractivity contribution < 1.29 is 14.5 Å². The van der Waals surface area contributed by atoms with E-state index in [1.54, 1.807) is 0 Å². The minimum atomic E-state index is -0.527. The third-order valence-corrected chi connectivity index (χ3v) is 3.97. The minimum Gasteiger partial charge on any atom is -0.278 e. The lowest BCUT2D eigenvalue weighted by molar-refractivity contribution is -0.384. The van der Waals surface area contributed by atoms with Gasteiger partial charge in [0.15, 0.2) is 0 Å². The van der Waals surface area contributed by atoms with E-state index in [1.165, 1.54) is 29.2 Å². The van der Waals surface area contributed by atoms with E-state index in [1.807, 2.05) is 30.3 Å². The number of carbonyl (C=O) groups excluding carboxylic acids is 2. The van der Waals surface area contributed by atoms with E-state index in [0.717, 1.165) is 5.56 Å². The summed E-state index contributed by atoms with van der Waals surface area (Å²) in [7, 11) is 0. The highest BCUT2D eigenvalue weighted by atomic mass is 16.6. The van der Waals surface area contributed by atoms with Gasteiger partial charge in [0.25, 0.3) is 11.6 Å². The lowest BCUT2D eigenvalue weighted by Crippen LogP contribution is -2.32. The maximum absolute atomic E-state index is 12.5. The van der Waals surface area contributed by atoms with Crippen molar-refractivity contribution in [2.75, 3.05) is 6.54 Å². The largest absolute Gasteiger partial charge is 0.278 e. The maximum atomic E-state index is 12.5. The Morgan fingerprint density at radius 2 is 1.74 bits per heavy atom. The van der Waals surface area contributed by atoms with Gasteiger partial charge < -0.3 is 0 Å². The van der Waals surface area contributed by atoms with E-state index in [-0.39, 0.29) is 23.1 Å². The highest BCUT2D eigenvalue weighted by Crippen LogP contribution is 2.29. The van der Waals surface area contributed by atoms with Crippen LogP contribution in [0.5, 0.6) is 0 Å². The number of benzene rings is 2. The quantitative estimate of drug-likeness (QED) is 0.496. The summed E-state index contributed by atoms with van der Waals surface area (Å²) < 4.78 is 0. The second-order valence-corrected chi connectivity index (χ2v) is 5.43. The molecule has 1 aliphatic heterocycles. The third-order valence-electron chi connectivity index (χ3n) is 3.97. The monoisotopic (exact) mass is 310 g/mol. The Labute approximate surface area is 132 Å². The summed E-state index contributed by atoms with van der Waals surface area (Å²) in [5.41, 5.74) is 1.22. The molecule has 0 aromatic heterocycles. The zero-order chi connectivity index (χ0) is 16.4. The summed E-state index contributed by atoms with van der Waals surface area (Å²) in [4.78, 5) is 35.9. The second kappa shape index (κ2) is 6.00. The fourth-order valence-electron chi connectivity index (χ4n) is 2.73. The van der Waals surface area contributed by atoms with Gasteiger partial charge in [0.05, 0.1) is 4.92 Å². The predicted molar refractivity (Wildman–Crippen MR) is 82.9 cm³/mol. The molecule has 0 aliphatic carbocycles. The van der Waals surface area contributed by atoms with Crippen molar-refractivity contribution in [2.45, 2.75) is 12.3 Å². The van der Waals surface area contributed by atoms with Gasteiger partial charge >= 0.3 is 0 Å². The fourth-order valence-corrected chi connectivity index (χ4v) is 2.73. The summed E-state index contributed by atoms with van der Waals surface area (Å²) in [5.74, 6) is -0.642. The molecule has 0 saturated carbocycles. The first kappa shape index (κ1) is 14.9. The average Bonchev–Trinajstić information content (AvgIpc) is 2.97. The maximum Gasteiger partial charge on any atom is 0.269 e. The van der Waals surface area contributed by atoms with E-state index in [0.29, 0.717) is 13.0 Å². The molecule has 6 nitrogen and oxygen atoms in total. The molecule has 0 N–H and O–H groups in total. The van der Waals surface area contributed by atoms with Crippen LogP contribution in [0.2, 0.25) is 0 Å². The van der Waals surface area contributed by atoms with Crippen molar-refractivity contribution in [2.24, 2.45) is 0 Å². The standard InChI is InChI=1S/C17H14N2O4/c20-16-10-14(12-4-2-1-3-5-12)11-18(16)17(21)13-6-8-15(9-7-13)19(22)23/h1-9,14H,10-11H2/t14-/m1/s1. The van der Waals surface area contributed by atoms with Gasteiger partial charge in [-0.15, -0.1) is 0 Å². The fraction of sp³-hybridized carbons (Fsp3) is 0.176. The molecular formula is C17H14N2O4. The molecule has 6 heteroatoms. The molecule has 2 amide bonds. The summed E-state index contributed by atoms with van der Waals surface area (Å²) in [6.07, 6.45) is 0.294. The Morgan fingerprint density at radius 3 is 2.35 bits per heavy atom. The van der Waals surface area contributed by atoms with Crippen LogP contribution in [0.1, 0.15) is 28.3 Å². The molecule has 1 atom stereocenters. The van der Waals surface area contributed by atoms with E-state index in [9.17, 15) is 19.7 Å². The van der Waals surface area contributed by atoms with Crippen molar-refractivity contribution in [3.8, 4) is 0 Å². The van der Waals surface area contributed by atoms with Crippen molar-refractivity contribution in [3.63, 3.8) is 0 Å². The lowest BCUT2D eigenvalue weighted by Gasteiger charge is -2.15. The Bertz CT molecular complexity index is 756. The molecule has 3 rings (SSSR count). The molecule has 0 spiro atoms. The van der Waals surface area contributed by atoms with Crippen LogP contribution < -0.4 is 0 Å². The van der Waals surface area contributed by atoms with Crippen LogP contribution in [0, 0.1) is 10.1 Å². The topological polar surface area (TPSA) is 80.5 Å². The number of carbonyl (C=O) groups is 2. The molecule has 0 unspecified atom stereocenters. The molecule has 23 heavy (non-hydrogen) atoms. The van der Waals surface area contributed by atoms with Crippen LogP contribution >= 0.6 is 0 Å². The summed E-state index contributed by atoms with van der Waals surface area (Å²) in [6.45, 7) is 0.332. The summed E-state index contributed by atoms with van der Waals surface area (Å²) in [5, 5.41) is 10.6. The Kier molecular flexibility index (Phi) is 3.89. The number of rotatable bonds is 3. The first-order valence-corrected chi connectivity index (χ1v) is 7.20. The highest BCUT2D eigenvalue weighted by Gasteiger charge is 2.35. The Balaban J connectivity index is 1.77. The normalized spacial score (nSPS) is 17.3. The predicted octanol–water partition coefficient (Wildman–Crippen LogP) is 2.75. The van der Waals surface area contributed by atoms with Crippen LogP contribution in [0.3, 0.4) is 0 Å². The SMILES string of the molecule is O=C1C[C@@H](c2ccccc2)CN1C(=O)c1ccc([N+](=O)[O-])cc1. The van der Waals surface area contributed by atoms with Crippen molar-refractivity contribution in [3.05, 3.63) is 75.8 Å². The number of hydrogen-bond donors (Lipinski definition) is 0. The van der Waals surface area contributed by atoms with Crippen LogP contribution in [0.15, 0.2) is 54.6 Å². The molecule has 0 bridgehead atoms. The first-order chi connectivity index (χ1) is 11.1. The molecule has 0 radical (unpaired) electrons. The van der Waals surface area contributed by atoms with E-state index in [2.05, 4.69) is 0 Å². The lowest BCUT2D eigenvalue weighted by atomic mass is 9.98. The van der Waals surface area contributed by atoms with E-state index < -0.39 is 10.8 Å². The molecule has 1 heterocycles. The number of nitro groups is 1. The van der Waals surface area contributed by atoms with Crippen LogP contribution in [0.4, 0.5) is 5.69 Å². The van der Waals surface area contributed by atoms with E-state index >= 15 is 0 Å². The number of hydrogen-bond acceptors (Lipinski definition) is 4. The zero-order valence-electron chi connectivity index (χ0n) is 12.2. The Hall–Kier alpha value is -3.02. The molecule has 1 aliphatic rings. The van der Waals surface area contributed by atoms with Gasteiger partial charge in [-0.3, -0.25) is 24.6 Å². The number of nitro benzene ring substituents is 1. The summed E-state index contributed by atoms with van der Waals surface area (Å²) >= 11 is 0. The first-order valence-electron chi connectivity index (χ1n) is 7.20. The van der Waals surface area contributed by atoms with Crippen molar-refractivity contribution in [1.29, 1.82) is 0 Å². The number of imide groups is 1. The zero-order valence-corrected chi connectivity index (χ0v) is 12.2. The third kappa shape index (κ3) is 2.96. The van der Waals surface area contributed by atoms with Crippen LogP contribution in [-0.4, -0.2) is 28.2 Å². The van der Waals surface area contributed by atoms with E-state index in [4.69, 9.17) is 0 Å². The molecule has 2 aromatic rings. The average molecular weight is 310 g/mol. The van der Waals surface area contributed by atoms with Gasteiger partial charge in [-0.1, -0.05) is 30.3 Å². The smallest absolute Gasteiger partial charge is 0.269 e. The van der Waals surface area contributed by atoms with Crippen molar-refractivity contribution >= 4 is 17.5 Å². The second-order valence-electron chi connectivity index (χ2n) is 5.43. The van der Waals surface area contributed by atoms with Crippen LogP contribution in [-0.2, 0) is 4.79 Å². The number of likely N-dealkylation sites (tertiary alicyclic amines) is 1. The molecule has 1 fully saturated rings. The van der Waals surface area contributed by atoms with Gasteiger partial charge in [0, 0.05) is 36.6 Å². The number of non-ortho nitro benzene ring substituents is 1. The Morgan fingerprint density at radius 1 is 1.09 bits per heavy atom. The van der Waals surface area contributed by atoms with Gasteiger partial charge in [0.1, 0.15) is 0 Å². The molecule has 2 aromatic carbocycles. The summed E-state index contributed by atoms with van der Waals surface area (Å²) in [6, 6.07) is 14.9. The van der Waals surface area contributed by atoms with Crippen molar-refractivity contribution in [1.82, 2.24) is 4.90 Å². The van der Waals surface area contributed by atoms with Gasteiger partial charge in [-0.05, 0) is 17.7 Å². The molecule has 116 valence electrons. The van der Waals surface area contributed by atoms with Crippen LogP contribution in [0.25, 0.3) is 0 Å². The highest BCUT2D eigenvalue weighted by molar-refractivity contribution is 6.06. The number of amides is 2. The number of nitrogens with zero attached hydrogens (tertiary/aromatic N) is 2. The molecular weight excluding hydrogens is 296 g/mol.